The zero-order valence-electron chi connectivity index (χ0n) is 10.9. The van der Waals surface area contributed by atoms with Crippen molar-refractivity contribution in [1.29, 1.82) is 0 Å². The number of nitrogen functional groups attached to an aromatic ring is 1. The minimum absolute atomic E-state index is 0.373. The zero-order valence-corrected chi connectivity index (χ0v) is 10.9. The van der Waals surface area contributed by atoms with Gasteiger partial charge in [0.15, 0.2) is 5.82 Å². The number of methoxy groups -OCH3 is 1. The van der Waals surface area contributed by atoms with Crippen LogP contribution in [-0.2, 0) is 11.3 Å². The van der Waals surface area contributed by atoms with Crippen LogP contribution in [0.4, 0.5) is 11.6 Å². The molecule has 1 heterocycles. The molecule has 6 nitrogen and oxygen atoms in total. The van der Waals surface area contributed by atoms with Crippen molar-refractivity contribution in [2.24, 2.45) is 11.8 Å². The van der Waals surface area contributed by atoms with E-state index >= 15 is 0 Å². The Morgan fingerprint density at radius 2 is 2.18 bits per heavy atom. The van der Waals surface area contributed by atoms with Crippen molar-refractivity contribution in [2.75, 3.05) is 31.0 Å². The number of hydrogen-bond acceptors (Lipinski definition) is 6. The van der Waals surface area contributed by atoms with Crippen LogP contribution < -0.4 is 16.2 Å². The van der Waals surface area contributed by atoms with Crippen LogP contribution in [0.2, 0.25) is 0 Å². The summed E-state index contributed by atoms with van der Waals surface area (Å²) in [4.78, 5) is 10.7. The van der Waals surface area contributed by atoms with E-state index in [0.29, 0.717) is 24.2 Å². The summed E-state index contributed by atoms with van der Waals surface area (Å²) in [5.41, 5.74) is 2.54. The predicted octanol–water partition coefficient (Wildman–Crippen LogP) is 1.00. The first kappa shape index (κ1) is 13.7. The molecule has 0 radical (unpaired) electrons. The third kappa shape index (κ3) is 4.16. The molecule has 17 heavy (non-hydrogen) atoms. The van der Waals surface area contributed by atoms with Gasteiger partial charge in [0.1, 0.15) is 18.2 Å². The molecule has 3 N–H and O–H groups in total. The molecule has 0 spiro atoms. The van der Waals surface area contributed by atoms with Crippen molar-refractivity contribution in [3.05, 3.63) is 11.9 Å². The molecule has 0 atom stereocenters. The number of ether oxygens (including phenoxy) is 1. The molecule has 1 aromatic heterocycles. The van der Waals surface area contributed by atoms with E-state index in [4.69, 9.17) is 10.6 Å². The second-order valence-corrected chi connectivity index (χ2v) is 4.38. The number of anilines is 2. The van der Waals surface area contributed by atoms with Crippen LogP contribution in [0.5, 0.6) is 0 Å². The Balaban J connectivity index is 2.93. The Hall–Kier alpha value is -1.40. The van der Waals surface area contributed by atoms with E-state index in [-0.39, 0.29) is 0 Å². The number of hydrogen-bond donors (Lipinski definition) is 2. The summed E-state index contributed by atoms with van der Waals surface area (Å²) in [6, 6.07) is 1.82. The highest BCUT2D eigenvalue weighted by Crippen LogP contribution is 2.15. The Morgan fingerprint density at radius 1 is 1.47 bits per heavy atom. The molecular formula is C11H21N5O. The molecule has 0 amide bonds. The first-order valence-corrected chi connectivity index (χ1v) is 5.61. The molecular weight excluding hydrogens is 218 g/mol. The van der Waals surface area contributed by atoms with Gasteiger partial charge in [0.2, 0.25) is 0 Å². The van der Waals surface area contributed by atoms with Gasteiger partial charge in [0, 0.05) is 26.8 Å². The van der Waals surface area contributed by atoms with E-state index in [1.807, 2.05) is 13.1 Å². The van der Waals surface area contributed by atoms with E-state index in [0.717, 1.165) is 12.4 Å². The first-order valence-electron chi connectivity index (χ1n) is 5.61. The van der Waals surface area contributed by atoms with Gasteiger partial charge in [0.25, 0.3) is 0 Å². The molecule has 0 fully saturated rings. The van der Waals surface area contributed by atoms with E-state index in [1.54, 1.807) is 7.11 Å². The number of hydrazine groups is 1. The lowest BCUT2D eigenvalue weighted by atomic mass is 10.2. The smallest absolute Gasteiger partial charge is 0.158 e. The van der Waals surface area contributed by atoms with Gasteiger partial charge < -0.3 is 15.1 Å². The van der Waals surface area contributed by atoms with Gasteiger partial charge in [0.05, 0.1) is 0 Å². The monoisotopic (exact) mass is 239 g/mol. The maximum atomic E-state index is 5.39. The second kappa shape index (κ2) is 6.36. The van der Waals surface area contributed by atoms with Crippen molar-refractivity contribution in [1.82, 2.24) is 9.97 Å². The topological polar surface area (TPSA) is 76.3 Å². The van der Waals surface area contributed by atoms with Gasteiger partial charge in [-0.15, -0.1) is 0 Å². The lowest BCUT2D eigenvalue weighted by Crippen LogP contribution is -2.24. The number of nitrogens with zero attached hydrogens (tertiary/aromatic N) is 3. The van der Waals surface area contributed by atoms with Gasteiger partial charge in [-0.1, -0.05) is 13.8 Å². The molecule has 6 heteroatoms. The minimum atomic E-state index is 0.373. The predicted molar refractivity (Wildman–Crippen MR) is 68.7 cm³/mol. The van der Waals surface area contributed by atoms with Crippen molar-refractivity contribution < 1.29 is 4.74 Å². The molecule has 0 saturated carbocycles. The fraction of sp³-hybridized carbons (Fsp3) is 0.636. The average molecular weight is 239 g/mol. The van der Waals surface area contributed by atoms with E-state index in [1.165, 1.54) is 0 Å². The molecule has 0 aromatic carbocycles. The van der Waals surface area contributed by atoms with Gasteiger partial charge >= 0.3 is 0 Å². The maximum Gasteiger partial charge on any atom is 0.158 e. The molecule has 0 bridgehead atoms. The lowest BCUT2D eigenvalue weighted by molar-refractivity contribution is 0.178. The SMILES string of the molecule is COCc1nc(NN)cc(N(C)CC(C)C)n1. The van der Waals surface area contributed by atoms with Crippen LogP contribution in [0, 0.1) is 5.92 Å². The van der Waals surface area contributed by atoms with Crippen LogP contribution in [0.25, 0.3) is 0 Å². The Bertz CT molecular complexity index is 356. The number of nitrogens with one attached hydrogen (secondary N) is 1. The number of aromatic nitrogens is 2. The Morgan fingerprint density at radius 3 is 2.71 bits per heavy atom. The molecule has 0 aliphatic rings. The normalized spacial score (nSPS) is 10.7. The molecule has 0 saturated heterocycles. The first-order chi connectivity index (χ1) is 8.06. The second-order valence-electron chi connectivity index (χ2n) is 4.38. The molecule has 0 aliphatic carbocycles. The minimum Gasteiger partial charge on any atom is -0.377 e. The van der Waals surface area contributed by atoms with Crippen molar-refractivity contribution >= 4 is 11.6 Å². The van der Waals surface area contributed by atoms with Gasteiger partial charge in [-0.3, -0.25) is 0 Å². The molecule has 0 unspecified atom stereocenters. The maximum absolute atomic E-state index is 5.39. The molecule has 0 aliphatic heterocycles. The summed E-state index contributed by atoms with van der Waals surface area (Å²) in [6.07, 6.45) is 0. The number of rotatable bonds is 6. The average Bonchev–Trinajstić information content (AvgIpc) is 2.28. The lowest BCUT2D eigenvalue weighted by Gasteiger charge is -2.21. The summed E-state index contributed by atoms with van der Waals surface area (Å²) < 4.78 is 5.03. The van der Waals surface area contributed by atoms with Crippen molar-refractivity contribution in [3.8, 4) is 0 Å². The van der Waals surface area contributed by atoms with Crippen LogP contribution in [0.15, 0.2) is 6.07 Å². The van der Waals surface area contributed by atoms with Crippen LogP contribution in [-0.4, -0.2) is 30.7 Å². The zero-order chi connectivity index (χ0) is 12.8. The molecule has 1 aromatic rings. The third-order valence-corrected chi connectivity index (χ3v) is 2.21. The highest BCUT2D eigenvalue weighted by Gasteiger charge is 2.09. The Kier molecular flexibility index (Phi) is 5.11. The van der Waals surface area contributed by atoms with Crippen LogP contribution >= 0.6 is 0 Å². The van der Waals surface area contributed by atoms with E-state index in [2.05, 4.69) is 34.1 Å². The fourth-order valence-electron chi connectivity index (χ4n) is 1.59. The van der Waals surface area contributed by atoms with Gasteiger partial charge in [-0.2, -0.15) is 0 Å². The van der Waals surface area contributed by atoms with Crippen LogP contribution in [0.3, 0.4) is 0 Å². The van der Waals surface area contributed by atoms with Gasteiger partial charge in [-0.05, 0) is 5.92 Å². The quantitative estimate of drug-likeness (QED) is 0.570. The van der Waals surface area contributed by atoms with Gasteiger partial charge in [-0.25, -0.2) is 15.8 Å². The van der Waals surface area contributed by atoms with E-state index in [9.17, 15) is 0 Å². The van der Waals surface area contributed by atoms with E-state index < -0.39 is 0 Å². The van der Waals surface area contributed by atoms with Crippen molar-refractivity contribution in [3.63, 3.8) is 0 Å². The Labute approximate surface area is 102 Å². The summed E-state index contributed by atoms with van der Waals surface area (Å²) in [6.45, 7) is 5.62. The highest BCUT2D eigenvalue weighted by atomic mass is 16.5. The molecule has 96 valence electrons. The largest absolute Gasteiger partial charge is 0.377 e. The van der Waals surface area contributed by atoms with Crippen LogP contribution in [0.1, 0.15) is 19.7 Å². The summed E-state index contributed by atoms with van der Waals surface area (Å²) in [7, 11) is 3.61. The number of nitrogens with two attached hydrogens (primary N) is 1. The molecule has 1 rings (SSSR count). The summed E-state index contributed by atoms with van der Waals surface area (Å²) in [5.74, 6) is 8.01. The summed E-state index contributed by atoms with van der Waals surface area (Å²) in [5, 5.41) is 0. The standard InChI is InChI=1S/C11H21N5O/c1-8(2)6-16(3)11-5-9(15-12)13-10(14-11)7-17-4/h5,8H,6-7,12H2,1-4H3,(H,13,14,15). The summed E-state index contributed by atoms with van der Waals surface area (Å²) >= 11 is 0. The fourth-order valence-corrected chi connectivity index (χ4v) is 1.59. The van der Waals surface area contributed by atoms with Crippen molar-refractivity contribution in [2.45, 2.75) is 20.5 Å². The third-order valence-electron chi connectivity index (χ3n) is 2.21. The highest BCUT2D eigenvalue weighted by molar-refractivity contribution is 5.48.